The van der Waals surface area contributed by atoms with Gasteiger partial charge in [-0.15, -0.1) is 0 Å². The number of rotatable bonds is 7. The third-order valence-corrected chi connectivity index (χ3v) is 6.36. The van der Waals surface area contributed by atoms with Gasteiger partial charge < -0.3 is 18.8 Å². The fraction of sp³-hybridized carbons (Fsp3) is 0.385. The highest BCUT2D eigenvalue weighted by Crippen LogP contribution is 2.38. The van der Waals surface area contributed by atoms with Crippen molar-refractivity contribution in [3.8, 4) is 5.75 Å². The van der Waals surface area contributed by atoms with Gasteiger partial charge in [0.15, 0.2) is 5.43 Å². The van der Waals surface area contributed by atoms with Crippen LogP contribution in [0.1, 0.15) is 41.1 Å². The zero-order chi connectivity index (χ0) is 23.7. The summed E-state index contributed by atoms with van der Waals surface area (Å²) in [6.45, 7) is 6.63. The van der Waals surface area contributed by atoms with E-state index in [0.29, 0.717) is 32.9 Å². The molecule has 0 saturated carbocycles. The molecule has 0 N–H and O–H groups in total. The number of ether oxygens (including phenoxy) is 2. The largest absolute Gasteiger partial charge is 0.494 e. The van der Waals surface area contributed by atoms with Gasteiger partial charge in [-0.05, 0) is 42.3 Å². The maximum Gasteiger partial charge on any atom is 0.290 e. The lowest BCUT2D eigenvalue weighted by Gasteiger charge is -2.31. The van der Waals surface area contributed by atoms with Crippen molar-refractivity contribution in [1.82, 2.24) is 9.80 Å². The normalized spacial score (nSPS) is 18.5. The number of hydrogen-bond acceptors (Lipinski definition) is 6. The van der Waals surface area contributed by atoms with Gasteiger partial charge in [-0.1, -0.05) is 19.1 Å². The van der Waals surface area contributed by atoms with Gasteiger partial charge in [0.05, 0.1) is 36.8 Å². The van der Waals surface area contributed by atoms with Crippen LogP contribution in [0.25, 0.3) is 11.0 Å². The lowest BCUT2D eigenvalue weighted by atomic mass is 9.98. The van der Waals surface area contributed by atoms with E-state index in [1.807, 2.05) is 31.2 Å². The van der Waals surface area contributed by atoms with Gasteiger partial charge in [0, 0.05) is 26.2 Å². The van der Waals surface area contributed by atoms with Crippen molar-refractivity contribution in [2.24, 2.45) is 0 Å². The summed E-state index contributed by atoms with van der Waals surface area (Å²) >= 11 is 0. The standard InChI is InChI=1S/C26H27FN2O5/c1-2-13-33-19-6-3-17(4-7-19)23-22-24(30)20-16-18(27)5-8-21(20)34-25(22)26(31)29(23)10-9-28-11-14-32-15-12-28/h3-8,16,23H,2,9-15H2,1H3. The van der Waals surface area contributed by atoms with E-state index in [1.54, 1.807) is 4.90 Å². The molecule has 5 rings (SSSR count). The molecule has 3 heterocycles. The highest BCUT2D eigenvalue weighted by Gasteiger charge is 2.42. The second-order valence-electron chi connectivity index (χ2n) is 8.59. The molecule has 7 nitrogen and oxygen atoms in total. The number of halogens is 1. The molecule has 1 atom stereocenters. The summed E-state index contributed by atoms with van der Waals surface area (Å²) in [6, 6.07) is 10.6. The minimum atomic E-state index is -0.618. The highest BCUT2D eigenvalue weighted by molar-refractivity contribution is 5.99. The van der Waals surface area contributed by atoms with E-state index < -0.39 is 11.9 Å². The third-order valence-electron chi connectivity index (χ3n) is 6.36. The first-order valence-electron chi connectivity index (χ1n) is 11.7. The van der Waals surface area contributed by atoms with Crippen LogP contribution in [0, 0.1) is 5.82 Å². The van der Waals surface area contributed by atoms with Crippen molar-refractivity contribution in [3.05, 3.63) is 75.4 Å². The first-order chi connectivity index (χ1) is 16.6. The summed E-state index contributed by atoms with van der Waals surface area (Å²) in [7, 11) is 0. The number of hydrogen-bond donors (Lipinski definition) is 0. The summed E-state index contributed by atoms with van der Waals surface area (Å²) in [5, 5.41) is 0.134. The third kappa shape index (κ3) is 4.19. The fourth-order valence-corrected chi connectivity index (χ4v) is 4.61. The zero-order valence-corrected chi connectivity index (χ0v) is 19.1. The van der Waals surface area contributed by atoms with E-state index in [4.69, 9.17) is 13.9 Å². The van der Waals surface area contributed by atoms with Crippen LogP contribution >= 0.6 is 0 Å². The number of carbonyl (C=O) groups is 1. The van der Waals surface area contributed by atoms with Crippen molar-refractivity contribution < 1.29 is 23.1 Å². The second-order valence-corrected chi connectivity index (χ2v) is 8.59. The number of fused-ring (bicyclic) bond motifs is 2. The van der Waals surface area contributed by atoms with E-state index in [9.17, 15) is 14.0 Å². The number of morpholine rings is 1. The number of benzene rings is 2. The molecule has 8 heteroatoms. The molecule has 1 amide bonds. The molecule has 2 aliphatic rings. The number of amides is 1. The average molecular weight is 467 g/mol. The minimum absolute atomic E-state index is 0.0300. The molecule has 1 aromatic heterocycles. The molecule has 3 aromatic rings. The maximum atomic E-state index is 13.9. The molecule has 2 aromatic carbocycles. The van der Waals surface area contributed by atoms with Crippen LogP contribution < -0.4 is 10.2 Å². The second kappa shape index (κ2) is 9.56. The van der Waals surface area contributed by atoms with Gasteiger partial charge in [0.25, 0.3) is 5.91 Å². The van der Waals surface area contributed by atoms with Crippen molar-refractivity contribution >= 4 is 16.9 Å². The van der Waals surface area contributed by atoms with Crippen LogP contribution in [0.5, 0.6) is 5.75 Å². The topological polar surface area (TPSA) is 72.2 Å². The summed E-state index contributed by atoms with van der Waals surface area (Å²) in [4.78, 5) is 30.9. The molecule has 34 heavy (non-hydrogen) atoms. The van der Waals surface area contributed by atoms with Crippen LogP contribution in [0.4, 0.5) is 4.39 Å². The number of carbonyl (C=O) groups excluding carboxylic acids is 1. The zero-order valence-electron chi connectivity index (χ0n) is 19.1. The molecule has 178 valence electrons. The van der Waals surface area contributed by atoms with E-state index in [0.717, 1.165) is 30.8 Å². The van der Waals surface area contributed by atoms with E-state index in [1.165, 1.54) is 18.2 Å². The Kier molecular flexibility index (Phi) is 6.34. The molecular formula is C26H27FN2O5. The summed E-state index contributed by atoms with van der Waals surface area (Å²) in [5.41, 5.74) is 0.859. The SMILES string of the molecule is CCCOc1ccc(C2c3c(oc4ccc(F)cc4c3=O)C(=O)N2CCN2CCOCC2)cc1. The lowest BCUT2D eigenvalue weighted by Crippen LogP contribution is -2.42. The molecule has 0 aliphatic carbocycles. The Balaban J connectivity index is 1.55. The average Bonchev–Trinajstić information content (AvgIpc) is 3.14. The lowest BCUT2D eigenvalue weighted by molar-refractivity contribution is 0.0314. The van der Waals surface area contributed by atoms with Crippen LogP contribution in [-0.4, -0.2) is 61.7 Å². The Hall–Kier alpha value is -3.23. The Morgan fingerprint density at radius 3 is 2.56 bits per heavy atom. The van der Waals surface area contributed by atoms with Crippen LogP contribution in [0.15, 0.2) is 51.7 Å². The van der Waals surface area contributed by atoms with Gasteiger partial charge in [0.1, 0.15) is 17.1 Å². The molecule has 0 radical (unpaired) electrons. The Labute approximate surface area is 196 Å². The smallest absolute Gasteiger partial charge is 0.290 e. The Morgan fingerprint density at radius 1 is 1.06 bits per heavy atom. The Bertz CT molecular complexity index is 1250. The van der Waals surface area contributed by atoms with Crippen molar-refractivity contribution in [2.45, 2.75) is 19.4 Å². The Morgan fingerprint density at radius 2 is 1.82 bits per heavy atom. The van der Waals surface area contributed by atoms with Gasteiger partial charge in [-0.3, -0.25) is 14.5 Å². The minimum Gasteiger partial charge on any atom is -0.494 e. The van der Waals surface area contributed by atoms with Gasteiger partial charge in [0.2, 0.25) is 5.76 Å². The van der Waals surface area contributed by atoms with Gasteiger partial charge in [-0.25, -0.2) is 4.39 Å². The van der Waals surface area contributed by atoms with Crippen LogP contribution in [-0.2, 0) is 4.74 Å². The van der Waals surface area contributed by atoms with Crippen molar-refractivity contribution in [3.63, 3.8) is 0 Å². The van der Waals surface area contributed by atoms with Crippen LogP contribution in [0.2, 0.25) is 0 Å². The van der Waals surface area contributed by atoms with Gasteiger partial charge in [-0.2, -0.15) is 0 Å². The predicted molar refractivity (Wildman–Crippen MR) is 125 cm³/mol. The molecule has 2 aliphatic heterocycles. The monoisotopic (exact) mass is 466 g/mol. The van der Waals surface area contributed by atoms with Gasteiger partial charge >= 0.3 is 0 Å². The van der Waals surface area contributed by atoms with E-state index >= 15 is 0 Å². The number of nitrogens with zero attached hydrogens (tertiary/aromatic N) is 2. The highest BCUT2D eigenvalue weighted by atomic mass is 19.1. The molecule has 1 saturated heterocycles. The molecule has 0 spiro atoms. The van der Waals surface area contributed by atoms with E-state index in [-0.39, 0.29) is 33.6 Å². The van der Waals surface area contributed by atoms with Crippen molar-refractivity contribution in [2.75, 3.05) is 46.0 Å². The van der Waals surface area contributed by atoms with Crippen LogP contribution in [0.3, 0.4) is 0 Å². The molecule has 1 fully saturated rings. The van der Waals surface area contributed by atoms with Crippen molar-refractivity contribution in [1.29, 1.82) is 0 Å². The summed E-state index contributed by atoms with van der Waals surface area (Å²) < 4.78 is 30.9. The first kappa shape index (κ1) is 22.6. The fourth-order valence-electron chi connectivity index (χ4n) is 4.61. The molecular weight excluding hydrogens is 439 g/mol. The first-order valence-corrected chi connectivity index (χ1v) is 11.7. The quantitative estimate of drug-likeness (QED) is 0.530. The predicted octanol–water partition coefficient (Wildman–Crippen LogP) is 3.60. The molecule has 1 unspecified atom stereocenters. The molecule has 0 bridgehead atoms. The summed E-state index contributed by atoms with van der Waals surface area (Å²) in [6.07, 6.45) is 0.895. The van der Waals surface area contributed by atoms with E-state index in [2.05, 4.69) is 4.90 Å². The summed E-state index contributed by atoms with van der Waals surface area (Å²) in [5.74, 6) is -0.102. The maximum absolute atomic E-state index is 13.9.